The lowest BCUT2D eigenvalue weighted by atomic mass is 10.0. The minimum atomic E-state index is -4.56. The van der Waals surface area contributed by atoms with Gasteiger partial charge in [0, 0.05) is 11.5 Å². The van der Waals surface area contributed by atoms with Crippen molar-refractivity contribution >= 4 is 5.97 Å². The molecule has 0 aliphatic heterocycles. The largest absolute Gasteiger partial charge is 0.469 e. The SMILES string of the molecule is COC(=O)C(CCCCCCN=[N+]=[N-])C(F)(F)F. The fraction of sp³-hybridized carbons (Fsp3) is 0.900. The number of hydrogen-bond donors (Lipinski definition) is 0. The molecule has 0 aromatic rings. The third-order valence-corrected chi connectivity index (χ3v) is 2.44. The minimum Gasteiger partial charge on any atom is -0.469 e. The maximum Gasteiger partial charge on any atom is 0.402 e. The molecule has 104 valence electrons. The van der Waals surface area contributed by atoms with Crippen LogP contribution in [-0.4, -0.2) is 25.8 Å². The molecule has 0 heterocycles. The summed E-state index contributed by atoms with van der Waals surface area (Å²) in [7, 11) is 0.945. The number of carbonyl (C=O) groups excluding carboxylic acids is 1. The highest BCUT2D eigenvalue weighted by Gasteiger charge is 2.44. The number of nitrogens with zero attached hydrogens (tertiary/aromatic N) is 3. The van der Waals surface area contributed by atoms with Gasteiger partial charge in [-0.15, -0.1) is 0 Å². The van der Waals surface area contributed by atoms with E-state index in [0.717, 1.165) is 7.11 Å². The van der Waals surface area contributed by atoms with Gasteiger partial charge in [-0.2, -0.15) is 13.2 Å². The van der Waals surface area contributed by atoms with Crippen LogP contribution in [0.1, 0.15) is 32.1 Å². The van der Waals surface area contributed by atoms with Gasteiger partial charge in [-0.05, 0) is 18.4 Å². The first-order valence-electron chi connectivity index (χ1n) is 5.59. The van der Waals surface area contributed by atoms with Crippen molar-refractivity contribution in [1.82, 2.24) is 0 Å². The number of unbranched alkanes of at least 4 members (excludes halogenated alkanes) is 3. The van der Waals surface area contributed by atoms with Gasteiger partial charge in [-0.3, -0.25) is 4.79 Å². The molecule has 1 atom stereocenters. The first kappa shape index (κ1) is 16.6. The predicted molar refractivity (Wildman–Crippen MR) is 58.7 cm³/mol. The summed E-state index contributed by atoms with van der Waals surface area (Å²) in [5, 5.41) is 3.31. The second-order valence-corrected chi connectivity index (χ2v) is 3.77. The molecular formula is C10H16F3N3O2. The zero-order valence-corrected chi connectivity index (χ0v) is 10.1. The van der Waals surface area contributed by atoms with Crippen molar-refractivity contribution in [3.63, 3.8) is 0 Å². The van der Waals surface area contributed by atoms with Gasteiger partial charge in [-0.25, -0.2) is 0 Å². The van der Waals surface area contributed by atoms with Gasteiger partial charge in [-0.1, -0.05) is 24.4 Å². The Morgan fingerprint density at radius 1 is 1.33 bits per heavy atom. The summed E-state index contributed by atoms with van der Waals surface area (Å²) in [4.78, 5) is 13.5. The second-order valence-electron chi connectivity index (χ2n) is 3.77. The molecule has 0 saturated carbocycles. The van der Waals surface area contributed by atoms with Crippen LogP contribution in [0, 0.1) is 5.92 Å². The number of halogens is 3. The Morgan fingerprint density at radius 2 is 1.94 bits per heavy atom. The summed E-state index contributed by atoms with van der Waals surface area (Å²) >= 11 is 0. The lowest BCUT2D eigenvalue weighted by Gasteiger charge is -2.17. The third kappa shape index (κ3) is 7.01. The normalized spacial score (nSPS) is 12.7. The first-order chi connectivity index (χ1) is 8.43. The van der Waals surface area contributed by atoms with Crippen LogP contribution in [-0.2, 0) is 9.53 Å². The molecule has 0 rings (SSSR count). The first-order valence-corrected chi connectivity index (χ1v) is 5.59. The van der Waals surface area contributed by atoms with Gasteiger partial charge in [0.1, 0.15) is 0 Å². The number of methoxy groups -OCH3 is 1. The minimum absolute atomic E-state index is 0.266. The number of rotatable bonds is 8. The van der Waals surface area contributed by atoms with Crippen LogP contribution < -0.4 is 0 Å². The smallest absolute Gasteiger partial charge is 0.402 e. The predicted octanol–water partition coefficient (Wildman–Crippen LogP) is 3.60. The van der Waals surface area contributed by atoms with Crippen LogP contribution in [0.2, 0.25) is 0 Å². The molecule has 0 spiro atoms. The van der Waals surface area contributed by atoms with Crippen LogP contribution in [0.5, 0.6) is 0 Å². The zero-order valence-electron chi connectivity index (χ0n) is 10.1. The fourth-order valence-corrected chi connectivity index (χ4v) is 1.49. The Labute approximate surface area is 103 Å². The standard InChI is InChI=1S/C10H16F3N3O2/c1-18-9(17)8(10(11,12)13)6-4-2-3-5-7-15-16-14/h8H,2-7H2,1H3. The van der Waals surface area contributed by atoms with Crippen LogP contribution in [0.25, 0.3) is 10.4 Å². The van der Waals surface area contributed by atoms with Crippen LogP contribution >= 0.6 is 0 Å². The van der Waals surface area contributed by atoms with Gasteiger partial charge >= 0.3 is 12.1 Å². The highest BCUT2D eigenvalue weighted by molar-refractivity contribution is 5.73. The monoisotopic (exact) mass is 267 g/mol. The number of carbonyl (C=O) groups is 1. The van der Waals surface area contributed by atoms with E-state index in [0.29, 0.717) is 25.8 Å². The van der Waals surface area contributed by atoms with E-state index in [1.807, 2.05) is 0 Å². The molecule has 0 bridgehead atoms. The fourth-order valence-electron chi connectivity index (χ4n) is 1.49. The number of alkyl halides is 3. The Morgan fingerprint density at radius 3 is 2.44 bits per heavy atom. The summed E-state index contributed by atoms with van der Waals surface area (Å²) in [6.45, 7) is 0.343. The summed E-state index contributed by atoms with van der Waals surface area (Å²) in [5.74, 6) is -3.28. The summed E-state index contributed by atoms with van der Waals surface area (Å²) < 4.78 is 41.6. The summed E-state index contributed by atoms with van der Waals surface area (Å²) in [5.41, 5.74) is 8.00. The van der Waals surface area contributed by atoms with E-state index in [1.165, 1.54) is 0 Å². The Hall–Kier alpha value is -1.43. The number of ether oxygens (including phenoxy) is 1. The number of azide groups is 1. The molecule has 5 nitrogen and oxygen atoms in total. The average molecular weight is 267 g/mol. The van der Waals surface area contributed by atoms with Gasteiger partial charge in [0.05, 0.1) is 7.11 Å². The molecule has 0 aliphatic carbocycles. The molecule has 0 aromatic carbocycles. The zero-order chi connectivity index (χ0) is 14.0. The maximum absolute atomic E-state index is 12.5. The van der Waals surface area contributed by atoms with Crippen molar-refractivity contribution in [2.45, 2.75) is 38.3 Å². The Kier molecular flexibility index (Phi) is 7.94. The lowest BCUT2D eigenvalue weighted by molar-refractivity contribution is -0.197. The highest BCUT2D eigenvalue weighted by atomic mass is 19.4. The van der Waals surface area contributed by atoms with Gasteiger partial charge in [0.25, 0.3) is 0 Å². The van der Waals surface area contributed by atoms with E-state index in [4.69, 9.17) is 5.53 Å². The molecule has 0 aromatic heterocycles. The van der Waals surface area contributed by atoms with Crippen LogP contribution in [0.15, 0.2) is 5.11 Å². The molecule has 1 unspecified atom stereocenters. The third-order valence-electron chi connectivity index (χ3n) is 2.44. The molecular weight excluding hydrogens is 251 g/mol. The van der Waals surface area contributed by atoms with Crippen molar-refractivity contribution in [3.8, 4) is 0 Å². The van der Waals surface area contributed by atoms with Gasteiger partial charge < -0.3 is 4.74 Å². The topological polar surface area (TPSA) is 75.1 Å². The Balaban J connectivity index is 3.91. The van der Waals surface area contributed by atoms with Gasteiger partial charge in [0.2, 0.25) is 0 Å². The van der Waals surface area contributed by atoms with Crippen molar-refractivity contribution in [2.75, 3.05) is 13.7 Å². The van der Waals surface area contributed by atoms with E-state index in [-0.39, 0.29) is 12.8 Å². The van der Waals surface area contributed by atoms with Crippen molar-refractivity contribution < 1.29 is 22.7 Å². The summed E-state index contributed by atoms with van der Waals surface area (Å²) in [6, 6.07) is 0. The van der Waals surface area contributed by atoms with E-state index in [2.05, 4.69) is 14.8 Å². The molecule has 0 fully saturated rings. The quantitative estimate of drug-likeness (QED) is 0.221. The van der Waals surface area contributed by atoms with E-state index in [1.54, 1.807) is 0 Å². The summed E-state index contributed by atoms with van der Waals surface area (Å²) in [6.07, 6.45) is -2.67. The average Bonchev–Trinajstić information content (AvgIpc) is 2.30. The van der Waals surface area contributed by atoms with Crippen LogP contribution in [0.4, 0.5) is 13.2 Å². The second kappa shape index (κ2) is 8.63. The number of esters is 1. The van der Waals surface area contributed by atoms with E-state index < -0.39 is 18.1 Å². The molecule has 0 saturated heterocycles. The lowest BCUT2D eigenvalue weighted by Crippen LogP contribution is -2.31. The molecule has 0 radical (unpaired) electrons. The van der Waals surface area contributed by atoms with Crippen LogP contribution in [0.3, 0.4) is 0 Å². The molecule has 0 aliphatic rings. The Bertz CT molecular complexity index is 301. The van der Waals surface area contributed by atoms with Crippen molar-refractivity contribution in [1.29, 1.82) is 0 Å². The van der Waals surface area contributed by atoms with Gasteiger partial charge in [0.15, 0.2) is 5.92 Å². The molecule has 18 heavy (non-hydrogen) atoms. The van der Waals surface area contributed by atoms with Crippen molar-refractivity contribution in [3.05, 3.63) is 10.4 Å². The van der Waals surface area contributed by atoms with E-state index >= 15 is 0 Å². The van der Waals surface area contributed by atoms with E-state index in [9.17, 15) is 18.0 Å². The number of hydrogen-bond acceptors (Lipinski definition) is 3. The maximum atomic E-state index is 12.5. The molecule has 0 N–H and O–H groups in total. The molecule has 0 amide bonds. The molecule has 8 heteroatoms. The highest BCUT2D eigenvalue weighted by Crippen LogP contribution is 2.31. The van der Waals surface area contributed by atoms with Crippen molar-refractivity contribution in [2.24, 2.45) is 11.0 Å².